The molecule has 3 aromatic heterocycles. The number of nitrogens with one attached hydrogen (secondary N) is 4. The summed E-state index contributed by atoms with van der Waals surface area (Å²) in [6, 6.07) is 32.0. The summed E-state index contributed by atoms with van der Waals surface area (Å²) in [6.07, 6.45) is 3.50. The molecule has 2 fully saturated rings. The molecule has 2 aliphatic heterocycles. The highest BCUT2D eigenvalue weighted by Gasteiger charge is 2.38. The first-order valence-electron chi connectivity index (χ1n) is 20.6. The monoisotopic (exact) mass is 831 g/mol. The molecule has 0 bridgehead atoms. The number of aromatic amines is 2. The maximum atomic E-state index is 14.0. The number of aromatic nitrogens is 5. The number of carbonyl (C=O) groups is 4. The minimum atomic E-state index is -0.898. The van der Waals surface area contributed by atoms with Crippen LogP contribution in [0.3, 0.4) is 0 Å². The Hall–Kier alpha value is -7.55. The summed E-state index contributed by atoms with van der Waals surface area (Å²) in [5.41, 5.74) is 7.22. The van der Waals surface area contributed by atoms with E-state index in [-0.39, 0.29) is 23.9 Å². The number of amides is 4. The highest BCUT2D eigenvalue weighted by molar-refractivity contribution is 5.90. The van der Waals surface area contributed by atoms with Gasteiger partial charge in [-0.3, -0.25) is 9.59 Å². The zero-order chi connectivity index (χ0) is 42.7. The molecule has 4 atom stereocenters. The van der Waals surface area contributed by atoms with Crippen LogP contribution in [0.5, 0.6) is 0 Å². The number of pyridine rings is 1. The third kappa shape index (κ3) is 7.91. The number of likely N-dealkylation sites (tertiary alicyclic amines) is 2. The average molecular weight is 832 g/mol. The molecule has 7 aromatic rings. The number of rotatable bonds is 10. The van der Waals surface area contributed by atoms with Gasteiger partial charge in [-0.25, -0.2) is 24.5 Å². The molecule has 0 radical (unpaired) electrons. The average Bonchev–Trinajstić information content (AvgIpc) is 4.16. The normalized spacial score (nSPS) is 17.2. The number of methoxy groups -OCH3 is 2. The fourth-order valence-corrected chi connectivity index (χ4v) is 8.63. The first-order chi connectivity index (χ1) is 30.3. The minimum Gasteiger partial charge on any atom is -0.453 e. The molecule has 4 aromatic carbocycles. The van der Waals surface area contributed by atoms with Crippen molar-refractivity contribution in [3.63, 3.8) is 0 Å². The van der Waals surface area contributed by atoms with Gasteiger partial charge in [0.05, 0.1) is 60.4 Å². The Kier molecular flexibility index (Phi) is 11.1. The SMILES string of the molecule is COC(=O)N[C@@H](C(=O)N1CCC[C@H]1c1ncc(-c2ccc3nc(-c4ccc5nc([C@@H]6CCCN6C(=O)[C@H](NC(=O)OC)c6ccccc6)[nH]c5c4)ccc3c2)[nH]1)c1ccccc1. The molecule has 15 nitrogen and oxygen atoms in total. The van der Waals surface area contributed by atoms with E-state index in [1.165, 1.54) is 14.2 Å². The summed E-state index contributed by atoms with van der Waals surface area (Å²) in [5.74, 6) is 0.921. The zero-order valence-corrected chi connectivity index (χ0v) is 34.2. The first-order valence-corrected chi connectivity index (χ1v) is 20.6. The Bertz CT molecular complexity index is 2770. The number of hydrogen-bond acceptors (Lipinski definition) is 9. The van der Waals surface area contributed by atoms with Crippen molar-refractivity contribution in [3.8, 4) is 22.5 Å². The maximum Gasteiger partial charge on any atom is 0.407 e. The summed E-state index contributed by atoms with van der Waals surface area (Å²) in [5, 5.41) is 6.38. The molecule has 4 amide bonds. The van der Waals surface area contributed by atoms with E-state index in [0.717, 1.165) is 70.1 Å². The van der Waals surface area contributed by atoms with Crippen molar-refractivity contribution in [3.05, 3.63) is 138 Å². The Morgan fingerprint density at radius 3 is 1.84 bits per heavy atom. The van der Waals surface area contributed by atoms with Gasteiger partial charge in [-0.1, -0.05) is 78.9 Å². The van der Waals surface area contributed by atoms with Crippen LogP contribution in [0.15, 0.2) is 115 Å². The third-order valence-corrected chi connectivity index (χ3v) is 11.7. The molecule has 4 N–H and O–H groups in total. The van der Waals surface area contributed by atoms with Crippen molar-refractivity contribution >= 4 is 45.9 Å². The minimum absolute atomic E-state index is 0.224. The smallest absolute Gasteiger partial charge is 0.407 e. The maximum absolute atomic E-state index is 14.0. The predicted molar refractivity (Wildman–Crippen MR) is 231 cm³/mol. The van der Waals surface area contributed by atoms with Gasteiger partial charge in [-0.2, -0.15) is 0 Å². The second-order valence-electron chi connectivity index (χ2n) is 15.5. The van der Waals surface area contributed by atoms with Crippen molar-refractivity contribution in [2.75, 3.05) is 27.3 Å². The number of hydrogen-bond donors (Lipinski definition) is 4. The molecular weight excluding hydrogens is 787 g/mol. The fourth-order valence-electron chi connectivity index (χ4n) is 8.63. The van der Waals surface area contributed by atoms with Crippen LogP contribution in [-0.4, -0.2) is 86.0 Å². The lowest BCUT2D eigenvalue weighted by atomic mass is 10.0. The summed E-state index contributed by atoms with van der Waals surface area (Å²) >= 11 is 0. The lowest BCUT2D eigenvalue weighted by molar-refractivity contribution is -0.135. The van der Waals surface area contributed by atoms with Crippen molar-refractivity contribution in [2.45, 2.75) is 49.9 Å². The molecule has 2 aliphatic rings. The molecular formula is C47H45N9O6. The van der Waals surface area contributed by atoms with E-state index in [1.807, 2.05) is 103 Å². The van der Waals surface area contributed by atoms with Crippen LogP contribution in [0.2, 0.25) is 0 Å². The van der Waals surface area contributed by atoms with Crippen molar-refractivity contribution < 1.29 is 28.7 Å². The molecule has 0 saturated carbocycles. The summed E-state index contributed by atoms with van der Waals surface area (Å²) in [6.45, 7) is 1.08. The van der Waals surface area contributed by atoms with Crippen LogP contribution in [-0.2, 0) is 19.1 Å². The number of fused-ring (bicyclic) bond motifs is 2. The van der Waals surface area contributed by atoms with Gasteiger partial charge in [0, 0.05) is 29.6 Å². The Balaban J connectivity index is 0.915. The van der Waals surface area contributed by atoms with E-state index >= 15 is 0 Å². The molecule has 15 heteroatoms. The van der Waals surface area contributed by atoms with Crippen LogP contribution >= 0.6 is 0 Å². The van der Waals surface area contributed by atoms with Gasteiger partial charge < -0.3 is 39.9 Å². The van der Waals surface area contributed by atoms with Gasteiger partial charge >= 0.3 is 12.2 Å². The molecule has 5 heterocycles. The highest BCUT2D eigenvalue weighted by Crippen LogP contribution is 2.37. The number of carbonyl (C=O) groups excluding carboxylic acids is 4. The van der Waals surface area contributed by atoms with E-state index < -0.39 is 24.3 Å². The van der Waals surface area contributed by atoms with Gasteiger partial charge in [-0.15, -0.1) is 0 Å². The van der Waals surface area contributed by atoms with Gasteiger partial charge in [0.15, 0.2) is 0 Å². The summed E-state index contributed by atoms with van der Waals surface area (Å²) in [4.78, 5) is 77.6. The topological polar surface area (TPSA) is 188 Å². The number of alkyl carbamates (subject to hydrolysis) is 2. The number of ether oxygens (including phenoxy) is 2. The van der Waals surface area contributed by atoms with Crippen molar-refractivity contribution in [1.29, 1.82) is 0 Å². The molecule has 0 spiro atoms. The Labute approximate surface area is 356 Å². The van der Waals surface area contributed by atoms with E-state index in [0.29, 0.717) is 35.9 Å². The Morgan fingerprint density at radius 1 is 0.645 bits per heavy atom. The van der Waals surface area contributed by atoms with E-state index in [1.54, 1.807) is 16.0 Å². The quantitative estimate of drug-likeness (QED) is 0.107. The Morgan fingerprint density at radius 2 is 1.23 bits per heavy atom. The molecule has 0 aliphatic carbocycles. The molecule has 9 rings (SSSR count). The molecule has 0 unspecified atom stereocenters. The van der Waals surface area contributed by atoms with Gasteiger partial charge in [0.25, 0.3) is 11.8 Å². The van der Waals surface area contributed by atoms with Crippen LogP contribution < -0.4 is 10.6 Å². The molecule has 314 valence electrons. The van der Waals surface area contributed by atoms with Crippen LogP contribution in [0.25, 0.3) is 44.5 Å². The lowest BCUT2D eigenvalue weighted by Crippen LogP contribution is -2.42. The van der Waals surface area contributed by atoms with Crippen molar-refractivity contribution in [1.82, 2.24) is 45.4 Å². The second-order valence-corrected chi connectivity index (χ2v) is 15.5. The summed E-state index contributed by atoms with van der Waals surface area (Å²) < 4.78 is 9.68. The predicted octanol–water partition coefficient (Wildman–Crippen LogP) is 7.69. The van der Waals surface area contributed by atoms with Crippen LogP contribution in [0.1, 0.15) is 72.6 Å². The van der Waals surface area contributed by atoms with Crippen LogP contribution in [0, 0.1) is 0 Å². The van der Waals surface area contributed by atoms with Gasteiger partial charge in [0.2, 0.25) is 0 Å². The van der Waals surface area contributed by atoms with E-state index in [4.69, 9.17) is 24.4 Å². The highest BCUT2D eigenvalue weighted by atomic mass is 16.5. The number of benzene rings is 4. The summed E-state index contributed by atoms with van der Waals surface area (Å²) in [7, 11) is 2.55. The largest absolute Gasteiger partial charge is 0.453 e. The number of nitrogens with zero attached hydrogens (tertiary/aromatic N) is 5. The fraction of sp³-hybridized carbons (Fsp3) is 0.255. The lowest BCUT2D eigenvalue weighted by Gasteiger charge is -2.28. The van der Waals surface area contributed by atoms with Gasteiger partial charge in [0.1, 0.15) is 23.7 Å². The van der Waals surface area contributed by atoms with Crippen LogP contribution in [0.4, 0.5) is 9.59 Å². The van der Waals surface area contributed by atoms with Gasteiger partial charge in [-0.05, 0) is 67.1 Å². The first kappa shape index (κ1) is 39.9. The molecule has 62 heavy (non-hydrogen) atoms. The number of H-pyrrole nitrogens is 2. The number of imidazole rings is 2. The second kappa shape index (κ2) is 17.2. The standard InChI is InChI=1S/C47H45N9O6/c1-61-46(59)53-40(28-11-5-3-6-12-28)44(57)55-23-9-15-38(55)42-48-27-37(52-42)31-18-21-33-30(25-31)17-20-34(49-33)32-19-22-35-36(26-32)51-43(50-35)39-16-10-24-56(39)45(58)41(54-47(60)62-2)29-13-7-4-8-14-29/h3-8,11-14,17-22,25-27,38-41H,9-10,15-16,23-24H2,1-2H3,(H,48,52)(H,50,51)(H,53,59)(H,54,60)/t38-,39-,40+,41+/m0/s1. The molecule has 2 saturated heterocycles. The van der Waals surface area contributed by atoms with E-state index in [2.05, 4.69) is 26.7 Å². The third-order valence-electron chi connectivity index (χ3n) is 11.7. The van der Waals surface area contributed by atoms with E-state index in [9.17, 15) is 19.2 Å². The van der Waals surface area contributed by atoms with Crippen molar-refractivity contribution in [2.24, 2.45) is 0 Å². The zero-order valence-electron chi connectivity index (χ0n) is 34.2.